The van der Waals surface area contributed by atoms with Gasteiger partial charge < -0.3 is 29.5 Å². The van der Waals surface area contributed by atoms with Gasteiger partial charge in [-0.1, -0.05) is 36.4 Å². The molecular formula is C37H36N4O11P2S2. The lowest BCUT2D eigenvalue weighted by molar-refractivity contribution is 0.262. The summed E-state index contributed by atoms with van der Waals surface area (Å²) in [5.74, 6) is 0. The summed E-state index contributed by atoms with van der Waals surface area (Å²) in [4.78, 5) is 33.2. The fraction of sp³-hybridized carbons (Fsp3) is 0.108. The van der Waals surface area contributed by atoms with E-state index in [9.17, 15) is 40.5 Å². The van der Waals surface area contributed by atoms with E-state index in [0.717, 1.165) is 0 Å². The Hall–Kier alpha value is -5.09. The van der Waals surface area contributed by atoms with Gasteiger partial charge in [0.15, 0.2) is 0 Å². The molecule has 6 aromatic rings. The third-order valence-electron chi connectivity index (χ3n) is 8.22. The molecule has 0 aliphatic rings. The van der Waals surface area contributed by atoms with Gasteiger partial charge in [-0.2, -0.15) is 0 Å². The minimum absolute atomic E-state index is 0.00867. The van der Waals surface area contributed by atoms with E-state index < -0.39 is 41.3 Å². The standard InChI is InChI=1S/C37H36N4O11P2S2/c1-3-51-53(43,44)33-9-5-7-31(23-33)40-55(47,48)35-17-13-25-11-15-29(19-27(25)21-35)38-37(42)39-30-16-12-26-14-18-36(22-28(26)20-30)56(49,50)41-32-8-6-10-34(24-32)54(45,46)52-4-2/h5-24,40-41H,3-4H2,1-2H3,(H,43,44)(H,45,46)(H2,38,39,42). The highest BCUT2D eigenvalue weighted by atomic mass is 32.2. The Morgan fingerprint density at radius 3 is 1.32 bits per heavy atom. The van der Waals surface area contributed by atoms with Crippen LogP contribution in [-0.2, 0) is 38.2 Å². The molecule has 0 saturated carbocycles. The van der Waals surface area contributed by atoms with Crippen molar-refractivity contribution < 1.29 is 49.6 Å². The fourth-order valence-corrected chi connectivity index (χ4v) is 9.97. The number of anilines is 4. The molecule has 2 atom stereocenters. The zero-order valence-electron chi connectivity index (χ0n) is 29.7. The summed E-state index contributed by atoms with van der Waals surface area (Å²) >= 11 is 0. The van der Waals surface area contributed by atoms with Crippen LogP contribution in [0.1, 0.15) is 13.8 Å². The van der Waals surface area contributed by atoms with Crippen molar-refractivity contribution in [3.05, 3.63) is 121 Å². The fourth-order valence-electron chi connectivity index (χ4n) is 5.65. The van der Waals surface area contributed by atoms with Gasteiger partial charge in [0.25, 0.3) is 20.0 Å². The average molecular weight is 839 g/mol. The lowest BCUT2D eigenvalue weighted by Crippen LogP contribution is -2.19. The number of sulfonamides is 2. The van der Waals surface area contributed by atoms with Gasteiger partial charge in [-0.25, -0.2) is 21.6 Å². The highest BCUT2D eigenvalue weighted by Gasteiger charge is 2.25. The molecule has 56 heavy (non-hydrogen) atoms. The summed E-state index contributed by atoms with van der Waals surface area (Å²) in [5.41, 5.74) is 0.826. The van der Waals surface area contributed by atoms with E-state index >= 15 is 0 Å². The molecule has 0 aromatic heterocycles. The summed E-state index contributed by atoms with van der Waals surface area (Å²) in [6, 6.07) is 29.1. The average Bonchev–Trinajstić information content (AvgIpc) is 3.14. The molecule has 15 nitrogen and oxygen atoms in total. The number of benzene rings is 6. The first-order valence-corrected chi connectivity index (χ1v) is 23.0. The van der Waals surface area contributed by atoms with Crippen molar-refractivity contribution in [3.63, 3.8) is 0 Å². The van der Waals surface area contributed by atoms with Crippen molar-refractivity contribution in [1.29, 1.82) is 0 Å². The van der Waals surface area contributed by atoms with Gasteiger partial charge in [0.2, 0.25) is 0 Å². The van der Waals surface area contributed by atoms with Gasteiger partial charge in [-0.15, -0.1) is 0 Å². The second-order valence-electron chi connectivity index (χ2n) is 12.2. The van der Waals surface area contributed by atoms with Crippen LogP contribution in [-0.4, -0.2) is 45.9 Å². The maximum absolute atomic E-state index is 13.3. The molecule has 0 radical (unpaired) electrons. The van der Waals surface area contributed by atoms with Crippen LogP contribution in [0.2, 0.25) is 0 Å². The number of carbonyl (C=O) groups is 1. The van der Waals surface area contributed by atoms with Gasteiger partial charge in [0, 0.05) is 22.7 Å². The maximum atomic E-state index is 13.3. The largest absolute Gasteiger partial charge is 0.358 e. The third-order valence-corrected chi connectivity index (χ3v) is 14.1. The molecule has 292 valence electrons. The highest BCUT2D eigenvalue weighted by molar-refractivity contribution is 7.93. The molecule has 2 unspecified atom stereocenters. The number of hydrogen-bond donors (Lipinski definition) is 6. The minimum Gasteiger partial charge on any atom is -0.321 e. The van der Waals surface area contributed by atoms with Crippen molar-refractivity contribution >= 4 is 96.2 Å². The van der Waals surface area contributed by atoms with Crippen LogP contribution in [0, 0.1) is 0 Å². The molecular weight excluding hydrogens is 803 g/mol. The van der Waals surface area contributed by atoms with E-state index in [1.807, 2.05) is 0 Å². The van der Waals surface area contributed by atoms with Crippen LogP contribution < -0.4 is 30.7 Å². The molecule has 6 aromatic carbocycles. The Morgan fingerprint density at radius 2 is 0.929 bits per heavy atom. The number of carbonyl (C=O) groups excluding carboxylic acids is 1. The smallest absolute Gasteiger partial charge is 0.321 e. The first-order chi connectivity index (χ1) is 26.5. The molecule has 0 heterocycles. The van der Waals surface area contributed by atoms with Crippen LogP contribution in [0.15, 0.2) is 131 Å². The predicted octanol–water partition coefficient (Wildman–Crippen LogP) is 6.93. The number of rotatable bonds is 14. The molecule has 6 N–H and O–H groups in total. The molecule has 2 amide bonds. The van der Waals surface area contributed by atoms with E-state index in [0.29, 0.717) is 32.9 Å². The monoisotopic (exact) mass is 838 g/mol. The molecule has 0 saturated heterocycles. The van der Waals surface area contributed by atoms with Crippen molar-refractivity contribution in [1.82, 2.24) is 0 Å². The second kappa shape index (κ2) is 16.2. The number of urea groups is 1. The van der Waals surface area contributed by atoms with Gasteiger partial charge in [0.1, 0.15) is 0 Å². The maximum Gasteiger partial charge on any atom is 0.358 e. The Morgan fingerprint density at radius 1 is 0.536 bits per heavy atom. The van der Waals surface area contributed by atoms with E-state index in [2.05, 4.69) is 20.1 Å². The number of amides is 2. The summed E-state index contributed by atoms with van der Waals surface area (Å²) in [5, 5.41) is 7.67. The number of hydrogen-bond acceptors (Lipinski definition) is 9. The van der Waals surface area contributed by atoms with Gasteiger partial charge in [0.05, 0.1) is 33.6 Å². The van der Waals surface area contributed by atoms with Crippen molar-refractivity contribution in [3.8, 4) is 0 Å². The molecule has 0 spiro atoms. The summed E-state index contributed by atoms with van der Waals surface area (Å²) < 4.78 is 92.8. The summed E-state index contributed by atoms with van der Waals surface area (Å²) in [7, 11) is -16.5. The van der Waals surface area contributed by atoms with Crippen molar-refractivity contribution in [2.45, 2.75) is 23.6 Å². The SMILES string of the molecule is CCOP(=O)(O)c1cccc(NS(=O)(=O)c2ccc3ccc(NC(=O)Nc4ccc5ccc(S(=O)(=O)Nc6cccc(P(=O)(O)OCC)c6)cc5c4)cc3c2)c1. The van der Waals surface area contributed by atoms with E-state index in [1.54, 1.807) is 62.4 Å². The Bertz CT molecular complexity index is 2610. The Kier molecular flexibility index (Phi) is 11.7. The summed E-state index contributed by atoms with van der Waals surface area (Å²) in [6.45, 7) is 3.11. The Labute approximate surface area is 322 Å². The molecule has 19 heteroatoms. The first-order valence-electron chi connectivity index (χ1n) is 16.9. The summed E-state index contributed by atoms with van der Waals surface area (Å²) in [6.07, 6.45) is 0. The zero-order chi connectivity index (χ0) is 40.3. The van der Waals surface area contributed by atoms with Crippen LogP contribution in [0.25, 0.3) is 21.5 Å². The normalized spacial score (nSPS) is 14.1. The Balaban J connectivity index is 1.15. The molecule has 6 rings (SSSR count). The zero-order valence-corrected chi connectivity index (χ0v) is 33.2. The quantitative estimate of drug-likeness (QED) is 0.0617. The van der Waals surface area contributed by atoms with Crippen molar-refractivity contribution in [2.24, 2.45) is 0 Å². The lowest BCUT2D eigenvalue weighted by atomic mass is 10.1. The molecule has 0 fully saturated rings. The van der Waals surface area contributed by atoms with Gasteiger partial charge >= 0.3 is 21.2 Å². The topological polar surface area (TPSA) is 227 Å². The van der Waals surface area contributed by atoms with Crippen molar-refractivity contribution in [2.75, 3.05) is 33.3 Å². The third kappa shape index (κ3) is 9.46. The predicted molar refractivity (Wildman–Crippen MR) is 217 cm³/mol. The van der Waals surface area contributed by atoms with Crippen LogP contribution >= 0.6 is 15.2 Å². The molecule has 0 bridgehead atoms. The van der Waals surface area contributed by atoms with E-state index in [1.165, 1.54) is 72.8 Å². The number of fused-ring (bicyclic) bond motifs is 2. The van der Waals surface area contributed by atoms with Crippen LogP contribution in [0.3, 0.4) is 0 Å². The van der Waals surface area contributed by atoms with Gasteiger partial charge in [-0.05, 0) is 120 Å². The lowest BCUT2D eigenvalue weighted by Gasteiger charge is -2.14. The van der Waals surface area contributed by atoms with E-state index in [4.69, 9.17) is 9.05 Å². The second-order valence-corrected chi connectivity index (χ2v) is 19.2. The molecule has 0 aliphatic heterocycles. The van der Waals surface area contributed by atoms with Gasteiger partial charge in [-0.3, -0.25) is 18.6 Å². The van der Waals surface area contributed by atoms with E-state index in [-0.39, 0.29) is 45.0 Å². The number of nitrogens with one attached hydrogen (secondary N) is 4. The molecule has 0 aliphatic carbocycles. The minimum atomic E-state index is -4.14. The first kappa shape index (κ1) is 40.6. The van der Waals surface area contributed by atoms with Crippen LogP contribution in [0.5, 0.6) is 0 Å². The highest BCUT2D eigenvalue weighted by Crippen LogP contribution is 2.42. The van der Waals surface area contributed by atoms with Crippen LogP contribution in [0.4, 0.5) is 27.5 Å².